The highest BCUT2D eigenvalue weighted by Crippen LogP contribution is 1.99. The molecule has 0 aliphatic carbocycles. The van der Waals surface area contributed by atoms with Crippen LogP contribution in [0.5, 0.6) is 0 Å². The molecule has 1 atom stereocenters. The maximum atomic E-state index is 11.8. The fourth-order valence-electron chi connectivity index (χ4n) is 1.53. The summed E-state index contributed by atoms with van der Waals surface area (Å²) in [6.45, 7) is 3.96. The Bertz CT molecular complexity index is 342. The molecule has 0 bridgehead atoms. The summed E-state index contributed by atoms with van der Waals surface area (Å²) in [4.78, 5) is 29.8. The first kappa shape index (κ1) is 17.2. The second-order valence-corrected chi connectivity index (χ2v) is 4.47. The molecule has 0 aliphatic heterocycles. The Kier molecular flexibility index (Phi) is 7.55. The summed E-state index contributed by atoms with van der Waals surface area (Å²) in [5.41, 5.74) is 0. The highest BCUT2D eigenvalue weighted by molar-refractivity contribution is 5.99. The quantitative estimate of drug-likeness (QED) is 0.624. The van der Waals surface area contributed by atoms with Gasteiger partial charge in [0.2, 0.25) is 5.96 Å². The van der Waals surface area contributed by atoms with E-state index in [1.807, 2.05) is 13.8 Å². The SMILES string of the molecule is CCCC(C)NC(=O)/N=C(\N(C)C)N(C)C(=O)OC. The number of nitrogens with one attached hydrogen (secondary N) is 1. The largest absolute Gasteiger partial charge is 0.452 e. The van der Waals surface area contributed by atoms with Crippen LogP contribution in [0.1, 0.15) is 26.7 Å². The van der Waals surface area contributed by atoms with Gasteiger partial charge in [-0.15, -0.1) is 0 Å². The standard InChI is InChI=1S/C12H24N4O3/c1-7-8-9(2)13-10(17)14-11(15(3)4)16(5)12(18)19-6/h9H,7-8H2,1-6H3,(H,13,17)/b14-11+. The summed E-state index contributed by atoms with van der Waals surface area (Å²) >= 11 is 0. The molecule has 0 spiro atoms. The summed E-state index contributed by atoms with van der Waals surface area (Å²) in [5.74, 6) is 0.216. The zero-order valence-corrected chi connectivity index (χ0v) is 12.6. The highest BCUT2D eigenvalue weighted by Gasteiger charge is 2.19. The Labute approximate surface area is 114 Å². The van der Waals surface area contributed by atoms with Gasteiger partial charge in [-0.2, -0.15) is 4.99 Å². The van der Waals surface area contributed by atoms with Gasteiger partial charge >= 0.3 is 12.1 Å². The van der Waals surface area contributed by atoms with Gasteiger partial charge in [0.05, 0.1) is 7.11 Å². The van der Waals surface area contributed by atoms with Crippen molar-refractivity contribution in [2.75, 3.05) is 28.3 Å². The van der Waals surface area contributed by atoms with E-state index in [-0.39, 0.29) is 12.0 Å². The van der Waals surface area contributed by atoms with Gasteiger partial charge in [0.25, 0.3) is 0 Å². The van der Waals surface area contributed by atoms with Gasteiger partial charge in [0.1, 0.15) is 0 Å². The lowest BCUT2D eigenvalue weighted by Crippen LogP contribution is -2.43. The zero-order valence-electron chi connectivity index (χ0n) is 12.6. The average Bonchev–Trinajstić information content (AvgIpc) is 2.33. The number of methoxy groups -OCH3 is 1. The minimum absolute atomic E-state index is 0.0492. The first-order valence-electron chi connectivity index (χ1n) is 6.21. The van der Waals surface area contributed by atoms with Crippen LogP contribution >= 0.6 is 0 Å². The van der Waals surface area contributed by atoms with Gasteiger partial charge in [-0.1, -0.05) is 13.3 Å². The fraction of sp³-hybridized carbons (Fsp3) is 0.750. The van der Waals surface area contributed by atoms with E-state index in [0.717, 1.165) is 12.8 Å². The molecule has 7 nitrogen and oxygen atoms in total. The van der Waals surface area contributed by atoms with Crippen molar-refractivity contribution in [3.63, 3.8) is 0 Å². The second-order valence-electron chi connectivity index (χ2n) is 4.47. The smallest absolute Gasteiger partial charge is 0.416 e. The summed E-state index contributed by atoms with van der Waals surface area (Å²) < 4.78 is 4.59. The Balaban J connectivity index is 4.83. The van der Waals surface area contributed by atoms with E-state index in [0.29, 0.717) is 0 Å². The highest BCUT2D eigenvalue weighted by atomic mass is 16.5. The minimum Gasteiger partial charge on any atom is -0.452 e. The van der Waals surface area contributed by atoms with Crippen LogP contribution in [-0.2, 0) is 4.74 Å². The normalized spacial score (nSPS) is 12.6. The van der Waals surface area contributed by atoms with Crippen molar-refractivity contribution in [3.8, 4) is 0 Å². The van der Waals surface area contributed by atoms with Crippen LogP contribution < -0.4 is 5.32 Å². The molecule has 0 rings (SSSR count). The van der Waals surface area contributed by atoms with E-state index >= 15 is 0 Å². The Morgan fingerprint density at radius 3 is 2.32 bits per heavy atom. The molecule has 0 aromatic carbocycles. The van der Waals surface area contributed by atoms with Crippen molar-refractivity contribution in [1.82, 2.24) is 15.1 Å². The van der Waals surface area contributed by atoms with E-state index in [1.54, 1.807) is 19.0 Å². The molecule has 1 N–H and O–H groups in total. The van der Waals surface area contributed by atoms with E-state index in [9.17, 15) is 9.59 Å². The summed E-state index contributed by atoms with van der Waals surface area (Å²) in [7, 11) is 6.16. The number of nitrogens with zero attached hydrogens (tertiary/aromatic N) is 3. The lowest BCUT2D eigenvalue weighted by Gasteiger charge is -2.23. The summed E-state index contributed by atoms with van der Waals surface area (Å²) in [6, 6.07) is -0.423. The van der Waals surface area contributed by atoms with Crippen molar-refractivity contribution in [2.24, 2.45) is 4.99 Å². The van der Waals surface area contributed by atoms with Crippen LogP contribution in [0, 0.1) is 0 Å². The third-order valence-corrected chi connectivity index (χ3v) is 2.44. The van der Waals surface area contributed by atoms with Crippen molar-refractivity contribution < 1.29 is 14.3 Å². The number of guanidine groups is 1. The Morgan fingerprint density at radius 1 is 1.32 bits per heavy atom. The first-order valence-corrected chi connectivity index (χ1v) is 6.21. The van der Waals surface area contributed by atoms with E-state index in [4.69, 9.17) is 0 Å². The molecule has 0 saturated carbocycles. The molecule has 0 radical (unpaired) electrons. The van der Waals surface area contributed by atoms with Crippen LogP contribution in [0.15, 0.2) is 4.99 Å². The molecule has 19 heavy (non-hydrogen) atoms. The predicted octanol–water partition coefficient (Wildman–Crippen LogP) is 1.50. The van der Waals surface area contributed by atoms with Gasteiger partial charge in [-0.3, -0.25) is 4.90 Å². The van der Waals surface area contributed by atoms with Gasteiger partial charge in [-0.05, 0) is 13.3 Å². The van der Waals surface area contributed by atoms with Gasteiger partial charge in [0, 0.05) is 27.2 Å². The number of carbonyl (C=O) groups is 2. The van der Waals surface area contributed by atoms with Crippen LogP contribution in [-0.4, -0.2) is 62.2 Å². The number of urea groups is 1. The maximum Gasteiger partial charge on any atom is 0.416 e. The minimum atomic E-state index is -0.582. The third kappa shape index (κ3) is 6.08. The Hall–Kier alpha value is -1.79. The van der Waals surface area contributed by atoms with Crippen molar-refractivity contribution >= 4 is 18.1 Å². The topological polar surface area (TPSA) is 74.2 Å². The number of ether oxygens (including phenoxy) is 1. The lowest BCUT2D eigenvalue weighted by molar-refractivity contribution is 0.149. The molecule has 0 aromatic heterocycles. The van der Waals surface area contributed by atoms with E-state index in [1.165, 1.54) is 19.1 Å². The van der Waals surface area contributed by atoms with Crippen LogP contribution in [0.4, 0.5) is 9.59 Å². The molecule has 0 aliphatic rings. The van der Waals surface area contributed by atoms with Gasteiger partial charge in [0.15, 0.2) is 0 Å². The number of amides is 3. The number of carbonyl (C=O) groups excluding carboxylic acids is 2. The van der Waals surface area contributed by atoms with Crippen LogP contribution in [0.25, 0.3) is 0 Å². The van der Waals surface area contributed by atoms with Crippen LogP contribution in [0.3, 0.4) is 0 Å². The third-order valence-electron chi connectivity index (χ3n) is 2.44. The van der Waals surface area contributed by atoms with Gasteiger partial charge < -0.3 is 15.0 Å². The average molecular weight is 272 g/mol. The molecular weight excluding hydrogens is 248 g/mol. The molecule has 110 valence electrons. The number of aliphatic imine (C=N–C) groups is 1. The monoisotopic (exact) mass is 272 g/mol. The van der Waals surface area contributed by atoms with Crippen LogP contribution in [0.2, 0.25) is 0 Å². The molecule has 3 amide bonds. The van der Waals surface area contributed by atoms with Crippen molar-refractivity contribution in [2.45, 2.75) is 32.7 Å². The fourth-order valence-corrected chi connectivity index (χ4v) is 1.53. The first-order chi connectivity index (χ1) is 8.83. The summed E-state index contributed by atoms with van der Waals surface area (Å²) in [5, 5.41) is 2.75. The van der Waals surface area contributed by atoms with Gasteiger partial charge in [-0.25, -0.2) is 9.59 Å². The molecule has 0 fully saturated rings. The maximum absolute atomic E-state index is 11.8. The van der Waals surface area contributed by atoms with Crippen molar-refractivity contribution in [1.29, 1.82) is 0 Å². The molecule has 0 saturated heterocycles. The number of hydrogen-bond donors (Lipinski definition) is 1. The lowest BCUT2D eigenvalue weighted by atomic mass is 10.2. The molecular formula is C12H24N4O3. The molecule has 0 aromatic rings. The number of rotatable bonds is 3. The second kappa shape index (κ2) is 8.34. The van der Waals surface area contributed by atoms with E-state index < -0.39 is 12.1 Å². The number of hydrogen-bond acceptors (Lipinski definition) is 3. The molecule has 7 heteroatoms. The molecule has 0 heterocycles. The zero-order chi connectivity index (χ0) is 15.0. The van der Waals surface area contributed by atoms with Crippen molar-refractivity contribution in [3.05, 3.63) is 0 Å². The van der Waals surface area contributed by atoms with E-state index in [2.05, 4.69) is 15.0 Å². The Morgan fingerprint density at radius 2 is 1.89 bits per heavy atom. The summed E-state index contributed by atoms with van der Waals surface area (Å²) in [6.07, 6.45) is 1.28. The predicted molar refractivity (Wildman–Crippen MR) is 74.2 cm³/mol. The molecule has 1 unspecified atom stereocenters.